The zero-order valence-corrected chi connectivity index (χ0v) is 15.6. The first kappa shape index (κ1) is 19.0. The van der Waals surface area contributed by atoms with Gasteiger partial charge in [-0.25, -0.2) is 4.79 Å². The van der Waals surface area contributed by atoms with Crippen LogP contribution in [0.15, 0.2) is 42.6 Å². The topological polar surface area (TPSA) is 79.7 Å². The number of esters is 1. The molecule has 142 valence electrons. The lowest BCUT2D eigenvalue weighted by atomic mass is 10.0. The van der Waals surface area contributed by atoms with Crippen LogP contribution in [0.5, 0.6) is 0 Å². The molecular formula is C21H24N2O4. The van der Waals surface area contributed by atoms with E-state index in [1.54, 1.807) is 24.8 Å². The number of carbonyl (C=O) groups excluding carboxylic acids is 2. The summed E-state index contributed by atoms with van der Waals surface area (Å²) in [6.45, 7) is 4.06. The number of likely N-dealkylation sites (tertiary alicyclic amines) is 1. The van der Waals surface area contributed by atoms with Crippen LogP contribution in [0.2, 0.25) is 0 Å². The first-order valence-electron chi connectivity index (χ1n) is 9.13. The number of hydrogen-bond donors (Lipinski definition) is 1. The molecule has 6 heteroatoms. The molecule has 1 amide bonds. The largest absolute Gasteiger partial charge is 0.459 e. The molecule has 1 unspecified atom stereocenters. The molecule has 3 rings (SSSR count). The summed E-state index contributed by atoms with van der Waals surface area (Å²) in [7, 11) is 0. The van der Waals surface area contributed by atoms with Gasteiger partial charge in [0.1, 0.15) is 12.6 Å². The minimum atomic E-state index is -0.817. The van der Waals surface area contributed by atoms with E-state index in [2.05, 4.69) is 4.98 Å². The van der Waals surface area contributed by atoms with Crippen molar-refractivity contribution in [3.05, 3.63) is 65.0 Å². The van der Waals surface area contributed by atoms with Gasteiger partial charge < -0.3 is 14.7 Å². The second-order valence-corrected chi connectivity index (χ2v) is 6.84. The van der Waals surface area contributed by atoms with E-state index in [-0.39, 0.29) is 12.5 Å². The van der Waals surface area contributed by atoms with Crippen LogP contribution in [0.4, 0.5) is 0 Å². The Labute approximate surface area is 158 Å². The summed E-state index contributed by atoms with van der Waals surface area (Å²) in [5.74, 6) is -0.662. The van der Waals surface area contributed by atoms with E-state index < -0.39 is 18.1 Å². The lowest BCUT2D eigenvalue weighted by Crippen LogP contribution is -2.41. The second kappa shape index (κ2) is 8.31. The third-order valence-corrected chi connectivity index (χ3v) is 4.76. The molecule has 2 atom stereocenters. The zero-order chi connectivity index (χ0) is 19.4. The van der Waals surface area contributed by atoms with Gasteiger partial charge in [-0.3, -0.25) is 9.78 Å². The SMILES string of the molecule is Cc1cc(C(=O)N2CCC[C@@H]2C(=O)OCc2ccccc2)c(C(C)O)cn1. The number of aryl methyl sites for hydroxylation is 1. The molecule has 1 aliphatic rings. The highest BCUT2D eigenvalue weighted by Crippen LogP contribution is 2.25. The number of rotatable bonds is 5. The highest BCUT2D eigenvalue weighted by molar-refractivity contribution is 5.98. The molecule has 1 N–H and O–H groups in total. The van der Waals surface area contributed by atoms with Crippen molar-refractivity contribution >= 4 is 11.9 Å². The molecule has 0 aliphatic carbocycles. The van der Waals surface area contributed by atoms with Crippen molar-refractivity contribution in [3.8, 4) is 0 Å². The number of amides is 1. The molecule has 6 nitrogen and oxygen atoms in total. The minimum absolute atomic E-state index is 0.186. The summed E-state index contributed by atoms with van der Waals surface area (Å²) >= 11 is 0. The smallest absolute Gasteiger partial charge is 0.329 e. The van der Waals surface area contributed by atoms with Gasteiger partial charge in [0.15, 0.2) is 0 Å². The molecule has 1 aromatic heterocycles. The molecule has 1 aliphatic heterocycles. The monoisotopic (exact) mass is 368 g/mol. The van der Waals surface area contributed by atoms with Crippen LogP contribution in [0.1, 0.15) is 53.0 Å². The molecule has 0 bridgehead atoms. The van der Waals surface area contributed by atoms with Gasteiger partial charge in [-0.1, -0.05) is 30.3 Å². The van der Waals surface area contributed by atoms with Crippen LogP contribution < -0.4 is 0 Å². The Morgan fingerprint density at radius 1 is 1.33 bits per heavy atom. The molecule has 1 fully saturated rings. The number of pyridine rings is 1. The van der Waals surface area contributed by atoms with Gasteiger partial charge in [0.2, 0.25) is 0 Å². The Bertz CT molecular complexity index is 820. The molecular weight excluding hydrogens is 344 g/mol. The number of aliphatic hydroxyl groups is 1. The Kier molecular flexibility index (Phi) is 5.86. The first-order valence-corrected chi connectivity index (χ1v) is 9.13. The van der Waals surface area contributed by atoms with Crippen LogP contribution in [-0.4, -0.2) is 39.5 Å². The maximum atomic E-state index is 13.1. The van der Waals surface area contributed by atoms with Crippen molar-refractivity contribution in [3.63, 3.8) is 0 Å². The van der Waals surface area contributed by atoms with E-state index in [0.29, 0.717) is 29.8 Å². The molecule has 27 heavy (non-hydrogen) atoms. The molecule has 2 aromatic rings. The van der Waals surface area contributed by atoms with Crippen LogP contribution >= 0.6 is 0 Å². The Balaban J connectivity index is 1.75. The normalized spacial score (nSPS) is 17.6. The fraction of sp³-hybridized carbons (Fsp3) is 0.381. The van der Waals surface area contributed by atoms with Crippen molar-refractivity contribution in [1.29, 1.82) is 0 Å². The third kappa shape index (κ3) is 4.34. The summed E-state index contributed by atoms with van der Waals surface area (Å²) < 4.78 is 5.44. The molecule has 0 radical (unpaired) electrons. The fourth-order valence-electron chi connectivity index (χ4n) is 3.32. The molecule has 1 aromatic carbocycles. The maximum Gasteiger partial charge on any atom is 0.329 e. The minimum Gasteiger partial charge on any atom is -0.459 e. The van der Waals surface area contributed by atoms with Gasteiger partial charge in [0.05, 0.1) is 6.10 Å². The number of aliphatic hydroxyl groups excluding tert-OH is 1. The highest BCUT2D eigenvalue weighted by atomic mass is 16.5. The number of aromatic nitrogens is 1. The summed E-state index contributed by atoms with van der Waals surface area (Å²) in [5.41, 5.74) is 2.45. The van der Waals surface area contributed by atoms with Gasteiger partial charge in [-0.05, 0) is 38.3 Å². The van der Waals surface area contributed by atoms with E-state index in [1.165, 1.54) is 6.20 Å². The third-order valence-electron chi connectivity index (χ3n) is 4.76. The van der Waals surface area contributed by atoms with E-state index in [9.17, 15) is 14.7 Å². The Morgan fingerprint density at radius 2 is 2.07 bits per heavy atom. The van der Waals surface area contributed by atoms with Crippen LogP contribution in [0, 0.1) is 6.92 Å². The average molecular weight is 368 g/mol. The van der Waals surface area contributed by atoms with Crippen molar-refractivity contribution in [2.75, 3.05) is 6.54 Å². The Hall–Kier alpha value is -2.73. The zero-order valence-electron chi connectivity index (χ0n) is 15.6. The predicted octanol–water partition coefficient (Wildman–Crippen LogP) is 2.79. The molecule has 0 spiro atoms. The number of nitrogens with zero attached hydrogens (tertiary/aromatic N) is 2. The van der Waals surface area contributed by atoms with Gasteiger partial charge in [-0.15, -0.1) is 0 Å². The molecule has 0 saturated carbocycles. The van der Waals surface area contributed by atoms with Gasteiger partial charge >= 0.3 is 5.97 Å². The van der Waals surface area contributed by atoms with Crippen molar-refractivity contribution in [1.82, 2.24) is 9.88 Å². The summed E-state index contributed by atoms with van der Waals surface area (Å²) in [5, 5.41) is 9.97. The van der Waals surface area contributed by atoms with E-state index in [1.807, 2.05) is 30.3 Å². The van der Waals surface area contributed by atoms with Crippen molar-refractivity contribution < 1.29 is 19.4 Å². The van der Waals surface area contributed by atoms with Gasteiger partial charge in [-0.2, -0.15) is 0 Å². The lowest BCUT2D eigenvalue weighted by Gasteiger charge is -2.25. The van der Waals surface area contributed by atoms with E-state index in [4.69, 9.17) is 4.74 Å². The average Bonchev–Trinajstić information content (AvgIpc) is 3.16. The maximum absolute atomic E-state index is 13.1. The number of carbonyl (C=O) groups is 2. The lowest BCUT2D eigenvalue weighted by molar-refractivity contribution is -0.149. The predicted molar refractivity (Wildman–Crippen MR) is 99.9 cm³/mol. The summed E-state index contributed by atoms with van der Waals surface area (Å²) in [6, 6.07) is 10.5. The summed E-state index contributed by atoms with van der Waals surface area (Å²) in [4.78, 5) is 31.4. The first-order chi connectivity index (χ1) is 13.0. The van der Waals surface area contributed by atoms with Gasteiger partial charge in [0, 0.05) is 29.6 Å². The van der Waals surface area contributed by atoms with Crippen LogP contribution in [-0.2, 0) is 16.1 Å². The van der Waals surface area contributed by atoms with Crippen molar-refractivity contribution in [2.45, 2.75) is 45.4 Å². The second-order valence-electron chi connectivity index (χ2n) is 6.84. The number of hydrogen-bond acceptors (Lipinski definition) is 5. The standard InChI is InChI=1S/C21H24N2O4/c1-14-11-17(18(12-22-14)15(2)24)20(25)23-10-6-9-19(23)21(26)27-13-16-7-4-3-5-8-16/h3-5,7-8,11-12,15,19,24H,6,9-10,13H2,1-2H3/t15?,19-/m1/s1. The van der Waals surface area contributed by atoms with Crippen LogP contribution in [0.25, 0.3) is 0 Å². The number of benzene rings is 1. The highest BCUT2D eigenvalue weighted by Gasteiger charge is 2.36. The van der Waals surface area contributed by atoms with Gasteiger partial charge in [0.25, 0.3) is 5.91 Å². The van der Waals surface area contributed by atoms with Crippen molar-refractivity contribution in [2.24, 2.45) is 0 Å². The van der Waals surface area contributed by atoms with E-state index >= 15 is 0 Å². The molecule has 1 saturated heterocycles. The van der Waals surface area contributed by atoms with E-state index in [0.717, 1.165) is 12.0 Å². The molecule has 2 heterocycles. The quantitative estimate of drug-likeness (QED) is 0.821. The fourth-order valence-corrected chi connectivity index (χ4v) is 3.32. The summed E-state index contributed by atoms with van der Waals surface area (Å²) in [6.07, 6.45) is 2.02. The number of ether oxygens (including phenoxy) is 1. The Morgan fingerprint density at radius 3 is 2.78 bits per heavy atom. The van der Waals surface area contributed by atoms with Crippen LogP contribution in [0.3, 0.4) is 0 Å².